The summed E-state index contributed by atoms with van der Waals surface area (Å²) in [4.78, 5) is 15.0. The van der Waals surface area contributed by atoms with Gasteiger partial charge >= 0.3 is 0 Å². The van der Waals surface area contributed by atoms with Crippen molar-refractivity contribution in [3.63, 3.8) is 0 Å². The molecule has 0 amide bonds. The van der Waals surface area contributed by atoms with Crippen LogP contribution in [-0.2, 0) is 0 Å². The van der Waals surface area contributed by atoms with E-state index in [0.29, 0.717) is 17.3 Å². The maximum absolute atomic E-state index is 11.3. The number of nitro groups is 1. The van der Waals surface area contributed by atoms with Crippen LogP contribution in [0.4, 0.5) is 11.4 Å². The smallest absolute Gasteiger partial charge is 0.293 e. The van der Waals surface area contributed by atoms with Crippen molar-refractivity contribution in [2.45, 2.75) is 12.5 Å². The van der Waals surface area contributed by atoms with Gasteiger partial charge in [0.1, 0.15) is 5.69 Å². The zero-order chi connectivity index (χ0) is 15.6. The minimum absolute atomic E-state index is 0.0292. The Morgan fingerprint density at radius 1 is 1.57 bits per heavy atom. The second-order valence-electron chi connectivity index (χ2n) is 5.30. The Morgan fingerprint density at radius 3 is 2.81 bits per heavy atom. The minimum Gasteiger partial charge on any atom is -0.409 e. The topological polar surface area (TPSA) is 108 Å². The van der Waals surface area contributed by atoms with E-state index in [1.165, 1.54) is 6.07 Å². The SMILES string of the molecule is CN(C)C1CCN(c2ccc(C(N)=NO)cc2[N+](=O)[O-])C1. The first-order chi connectivity index (χ1) is 9.93. The molecule has 1 unspecified atom stereocenters. The normalized spacial score (nSPS) is 19.3. The van der Waals surface area contributed by atoms with Crippen LogP contribution in [0, 0.1) is 10.1 Å². The highest BCUT2D eigenvalue weighted by atomic mass is 16.6. The number of nitrogens with two attached hydrogens (primary N) is 1. The Bertz CT molecular complexity index is 573. The van der Waals surface area contributed by atoms with Crippen molar-refractivity contribution in [2.75, 3.05) is 32.1 Å². The molecule has 1 aromatic rings. The number of nitrogens with zero attached hydrogens (tertiary/aromatic N) is 4. The second-order valence-corrected chi connectivity index (χ2v) is 5.30. The van der Waals surface area contributed by atoms with Gasteiger partial charge in [-0.15, -0.1) is 0 Å². The molecule has 0 radical (unpaired) electrons. The van der Waals surface area contributed by atoms with Crippen LogP contribution in [0.3, 0.4) is 0 Å². The molecule has 0 bridgehead atoms. The molecule has 0 saturated carbocycles. The van der Waals surface area contributed by atoms with Crippen molar-refractivity contribution in [1.82, 2.24) is 4.90 Å². The summed E-state index contributed by atoms with van der Waals surface area (Å²) in [7, 11) is 4.01. The number of oxime groups is 1. The molecule has 3 N–H and O–H groups in total. The summed E-state index contributed by atoms with van der Waals surface area (Å²) in [6, 6.07) is 5.01. The lowest BCUT2D eigenvalue weighted by atomic mass is 10.1. The van der Waals surface area contributed by atoms with Gasteiger partial charge in [-0.05, 0) is 32.6 Å². The lowest BCUT2D eigenvalue weighted by Gasteiger charge is -2.21. The molecule has 1 aliphatic rings. The first-order valence-corrected chi connectivity index (χ1v) is 6.61. The molecule has 1 atom stereocenters. The molecule has 1 saturated heterocycles. The summed E-state index contributed by atoms with van der Waals surface area (Å²) < 4.78 is 0. The number of hydrogen-bond donors (Lipinski definition) is 2. The highest BCUT2D eigenvalue weighted by Crippen LogP contribution is 2.32. The summed E-state index contributed by atoms with van der Waals surface area (Å²) in [6.07, 6.45) is 0.964. The fourth-order valence-corrected chi connectivity index (χ4v) is 2.54. The average Bonchev–Trinajstić information content (AvgIpc) is 2.95. The van der Waals surface area contributed by atoms with Crippen LogP contribution in [0.1, 0.15) is 12.0 Å². The van der Waals surface area contributed by atoms with E-state index in [9.17, 15) is 10.1 Å². The van der Waals surface area contributed by atoms with Gasteiger partial charge in [-0.2, -0.15) is 0 Å². The molecule has 1 heterocycles. The molecule has 1 fully saturated rings. The van der Waals surface area contributed by atoms with Crippen molar-refractivity contribution in [1.29, 1.82) is 0 Å². The fourth-order valence-electron chi connectivity index (χ4n) is 2.54. The Kier molecular flexibility index (Phi) is 4.27. The van der Waals surface area contributed by atoms with Crippen LogP contribution < -0.4 is 10.6 Å². The Balaban J connectivity index is 2.34. The lowest BCUT2D eigenvalue weighted by molar-refractivity contribution is -0.384. The molecule has 0 aromatic heterocycles. The standard InChI is InChI=1S/C13H19N5O3/c1-16(2)10-5-6-17(8-10)11-4-3-9(13(14)15-19)7-12(11)18(20)21/h3-4,7,10,19H,5-6,8H2,1-2H3,(H2,14,15). The Labute approximate surface area is 122 Å². The van der Waals surface area contributed by atoms with E-state index in [4.69, 9.17) is 10.9 Å². The van der Waals surface area contributed by atoms with Crippen LogP contribution in [0.25, 0.3) is 0 Å². The van der Waals surface area contributed by atoms with E-state index in [1.807, 2.05) is 19.0 Å². The molecule has 1 aliphatic heterocycles. The summed E-state index contributed by atoms with van der Waals surface area (Å²) in [6.45, 7) is 1.52. The van der Waals surface area contributed by atoms with E-state index < -0.39 is 4.92 Å². The van der Waals surface area contributed by atoms with Gasteiger partial charge in [0.15, 0.2) is 5.84 Å². The average molecular weight is 293 g/mol. The number of likely N-dealkylation sites (N-methyl/N-ethyl adjacent to an activating group) is 1. The fraction of sp³-hybridized carbons (Fsp3) is 0.462. The first kappa shape index (κ1) is 15.0. The number of amidine groups is 1. The molecule has 8 heteroatoms. The van der Waals surface area contributed by atoms with Crippen molar-refractivity contribution < 1.29 is 10.1 Å². The van der Waals surface area contributed by atoms with Crippen LogP contribution in [0.5, 0.6) is 0 Å². The minimum atomic E-state index is -0.438. The van der Waals surface area contributed by atoms with Gasteiger partial charge in [0.2, 0.25) is 0 Å². The second kappa shape index (κ2) is 5.96. The third-order valence-corrected chi connectivity index (χ3v) is 3.81. The van der Waals surface area contributed by atoms with E-state index >= 15 is 0 Å². The van der Waals surface area contributed by atoms with Crippen LogP contribution >= 0.6 is 0 Å². The molecule has 1 aromatic carbocycles. The molecule has 8 nitrogen and oxygen atoms in total. The third-order valence-electron chi connectivity index (χ3n) is 3.81. The number of rotatable bonds is 4. The van der Waals surface area contributed by atoms with Crippen LogP contribution in [0.2, 0.25) is 0 Å². The van der Waals surface area contributed by atoms with Gasteiger partial charge in [-0.3, -0.25) is 10.1 Å². The van der Waals surface area contributed by atoms with Crippen LogP contribution in [-0.4, -0.2) is 54.1 Å². The monoisotopic (exact) mass is 293 g/mol. The van der Waals surface area contributed by atoms with Crippen molar-refractivity contribution >= 4 is 17.2 Å². The zero-order valence-corrected chi connectivity index (χ0v) is 12.1. The van der Waals surface area contributed by atoms with E-state index in [0.717, 1.165) is 19.5 Å². The molecule has 0 spiro atoms. The summed E-state index contributed by atoms with van der Waals surface area (Å²) in [5.74, 6) is -0.141. The predicted octanol–water partition coefficient (Wildman–Crippen LogP) is 0.830. The number of benzene rings is 1. The van der Waals surface area contributed by atoms with Gasteiger partial charge in [-0.25, -0.2) is 0 Å². The molecule has 114 valence electrons. The molecule has 0 aliphatic carbocycles. The molecule has 21 heavy (non-hydrogen) atoms. The van der Waals surface area contributed by atoms with Crippen molar-refractivity contribution in [3.05, 3.63) is 33.9 Å². The maximum Gasteiger partial charge on any atom is 0.293 e. The van der Waals surface area contributed by atoms with E-state index in [2.05, 4.69) is 10.1 Å². The van der Waals surface area contributed by atoms with Gasteiger partial charge in [0.05, 0.1) is 4.92 Å². The highest BCUT2D eigenvalue weighted by Gasteiger charge is 2.29. The van der Waals surface area contributed by atoms with E-state index in [-0.39, 0.29) is 11.5 Å². The highest BCUT2D eigenvalue weighted by molar-refractivity contribution is 5.98. The third kappa shape index (κ3) is 3.05. The van der Waals surface area contributed by atoms with Gasteiger partial charge in [0, 0.05) is 30.8 Å². The van der Waals surface area contributed by atoms with Gasteiger partial charge in [0.25, 0.3) is 5.69 Å². The van der Waals surface area contributed by atoms with Crippen molar-refractivity contribution in [2.24, 2.45) is 10.9 Å². The summed E-state index contributed by atoms with van der Waals surface area (Å²) in [5, 5.41) is 22.8. The molecular weight excluding hydrogens is 274 g/mol. The largest absolute Gasteiger partial charge is 0.409 e. The van der Waals surface area contributed by atoms with Crippen LogP contribution in [0.15, 0.2) is 23.4 Å². The van der Waals surface area contributed by atoms with Gasteiger partial charge in [-0.1, -0.05) is 5.16 Å². The Hall–Kier alpha value is -2.35. The van der Waals surface area contributed by atoms with Gasteiger partial charge < -0.3 is 20.7 Å². The van der Waals surface area contributed by atoms with E-state index in [1.54, 1.807) is 12.1 Å². The summed E-state index contributed by atoms with van der Waals surface area (Å²) in [5.41, 5.74) is 6.35. The zero-order valence-electron chi connectivity index (χ0n) is 12.1. The summed E-state index contributed by atoms with van der Waals surface area (Å²) >= 11 is 0. The predicted molar refractivity (Wildman–Crippen MR) is 79.9 cm³/mol. The molecular formula is C13H19N5O3. The molecule has 2 rings (SSSR count). The quantitative estimate of drug-likeness (QED) is 0.280. The number of hydrogen-bond acceptors (Lipinski definition) is 6. The maximum atomic E-state index is 11.3. The lowest BCUT2D eigenvalue weighted by Crippen LogP contribution is -2.31. The first-order valence-electron chi connectivity index (χ1n) is 6.61. The van der Waals surface area contributed by atoms with Crippen molar-refractivity contribution in [3.8, 4) is 0 Å². The number of nitro benzene ring substituents is 1. The Morgan fingerprint density at radius 2 is 2.29 bits per heavy atom. The number of anilines is 1.